The molecule has 2 aromatic rings. The maximum Gasteiger partial charge on any atom is 0.256 e. The minimum atomic E-state index is -0.813. The van der Waals surface area contributed by atoms with Gasteiger partial charge >= 0.3 is 0 Å². The minimum Gasteiger partial charge on any atom is -0.496 e. The van der Waals surface area contributed by atoms with Gasteiger partial charge in [0.2, 0.25) is 0 Å². The number of nitrogens with one attached hydrogen (secondary N) is 1. The molecule has 0 aromatic heterocycles. The van der Waals surface area contributed by atoms with Gasteiger partial charge in [0.25, 0.3) is 5.91 Å². The van der Waals surface area contributed by atoms with Crippen molar-refractivity contribution in [2.45, 2.75) is 58.5 Å². The topological polar surface area (TPSA) is 47.6 Å². The van der Waals surface area contributed by atoms with Crippen LogP contribution in [0.25, 0.3) is 10.8 Å². The van der Waals surface area contributed by atoms with E-state index in [0.29, 0.717) is 6.61 Å². The molecule has 4 nitrogen and oxygen atoms in total. The summed E-state index contributed by atoms with van der Waals surface area (Å²) in [7, 11) is 1.66. The van der Waals surface area contributed by atoms with Crippen LogP contribution in [0.2, 0.25) is 0 Å². The Bertz CT molecular complexity index is 728. The molecule has 1 N–H and O–H groups in total. The molecule has 1 amide bonds. The van der Waals surface area contributed by atoms with Gasteiger partial charge in [0.1, 0.15) is 11.4 Å². The maximum atomic E-state index is 13.1. The predicted molar refractivity (Wildman–Crippen MR) is 108 cm³/mol. The molecule has 0 aliphatic heterocycles. The molecule has 0 saturated heterocycles. The molecule has 0 saturated carbocycles. The normalized spacial score (nSPS) is 13.4. The molecule has 0 aliphatic carbocycles. The summed E-state index contributed by atoms with van der Waals surface area (Å²) in [6, 6.07) is 11.7. The van der Waals surface area contributed by atoms with Gasteiger partial charge in [-0.1, -0.05) is 57.4 Å². The predicted octanol–water partition coefficient (Wildman–Crippen LogP) is 5.55. The Kier molecular flexibility index (Phi) is 7.46. The van der Waals surface area contributed by atoms with E-state index in [1.807, 2.05) is 43.3 Å². The Morgan fingerprint density at radius 3 is 2.42 bits per heavy atom. The summed E-state index contributed by atoms with van der Waals surface area (Å²) >= 11 is 0. The Morgan fingerprint density at radius 1 is 1.04 bits per heavy atom. The minimum absolute atomic E-state index is 0.0858. The molecule has 0 aliphatic rings. The molecule has 0 heterocycles. The Labute approximate surface area is 156 Å². The van der Waals surface area contributed by atoms with Gasteiger partial charge in [0, 0.05) is 23.1 Å². The van der Waals surface area contributed by atoms with Gasteiger partial charge < -0.3 is 14.8 Å². The third-order valence-corrected chi connectivity index (χ3v) is 4.71. The van der Waals surface area contributed by atoms with Crippen molar-refractivity contribution in [1.29, 1.82) is 0 Å². The first-order valence-electron chi connectivity index (χ1n) is 9.57. The highest BCUT2D eigenvalue weighted by Crippen LogP contribution is 2.32. The number of fused-ring (bicyclic) bond motifs is 1. The SMILES string of the molecule is CCCCCC(C)(OCCC)C(=O)Nc1ccc(OC)c2ccccc12. The van der Waals surface area contributed by atoms with Crippen LogP contribution < -0.4 is 10.1 Å². The molecule has 2 rings (SSSR count). The molecular weight excluding hydrogens is 326 g/mol. The zero-order valence-corrected chi connectivity index (χ0v) is 16.4. The summed E-state index contributed by atoms with van der Waals surface area (Å²) in [5, 5.41) is 5.04. The molecule has 26 heavy (non-hydrogen) atoms. The van der Waals surface area contributed by atoms with E-state index in [1.54, 1.807) is 7.11 Å². The van der Waals surface area contributed by atoms with Gasteiger partial charge in [-0.15, -0.1) is 0 Å². The summed E-state index contributed by atoms with van der Waals surface area (Å²) in [5.74, 6) is 0.712. The van der Waals surface area contributed by atoms with Crippen molar-refractivity contribution < 1.29 is 14.3 Å². The second kappa shape index (κ2) is 9.58. The van der Waals surface area contributed by atoms with Crippen molar-refractivity contribution in [3.63, 3.8) is 0 Å². The highest BCUT2D eigenvalue weighted by Gasteiger charge is 2.33. The van der Waals surface area contributed by atoms with Gasteiger partial charge in [0.05, 0.1) is 7.11 Å². The van der Waals surface area contributed by atoms with E-state index >= 15 is 0 Å². The fourth-order valence-electron chi connectivity index (χ4n) is 3.10. The summed E-state index contributed by atoms with van der Waals surface area (Å²) in [4.78, 5) is 13.1. The lowest BCUT2D eigenvalue weighted by Gasteiger charge is -2.29. The number of methoxy groups -OCH3 is 1. The number of benzene rings is 2. The van der Waals surface area contributed by atoms with Gasteiger partial charge in [-0.3, -0.25) is 4.79 Å². The lowest BCUT2D eigenvalue weighted by molar-refractivity contribution is -0.140. The average molecular weight is 357 g/mol. The van der Waals surface area contributed by atoms with E-state index in [9.17, 15) is 4.79 Å². The lowest BCUT2D eigenvalue weighted by atomic mass is 9.96. The summed E-state index contributed by atoms with van der Waals surface area (Å²) in [5.41, 5.74) is -0.0279. The van der Waals surface area contributed by atoms with Gasteiger partial charge in [-0.2, -0.15) is 0 Å². The number of hydrogen-bond donors (Lipinski definition) is 1. The first-order chi connectivity index (χ1) is 12.6. The molecular formula is C22H31NO3. The number of amides is 1. The molecule has 0 bridgehead atoms. The number of anilines is 1. The van der Waals surface area contributed by atoms with Gasteiger partial charge in [-0.25, -0.2) is 0 Å². The van der Waals surface area contributed by atoms with Crippen molar-refractivity contribution in [2.75, 3.05) is 19.0 Å². The zero-order chi connectivity index (χ0) is 19.0. The molecule has 0 radical (unpaired) electrons. The Morgan fingerprint density at radius 2 is 1.77 bits per heavy atom. The van der Waals surface area contributed by atoms with Crippen LogP contribution in [-0.2, 0) is 9.53 Å². The fourth-order valence-corrected chi connectivity index (χ4v) is 3.10. The number of rotatable bonds is 10. The highest BCUT2D eigenvalue weighted by atomic mass is 16.5. The number of ether oxygens (including phenoxy) is 2. The molecule has 1 atom stereocenters. The van der Waals surface area contributed by atoms with Crippen LogP contribution in [0.1, 0.15) is 52.9 Å². The van der Waals surface area contributed by atoms with Crippen LogP contribution in [0.5, 0.6) is 5.75 Å². The van der Waals surface area contributed by atoms with E-state index in [0.717, 1.165) is 54.3 Å². The van der Waals surface area contributed by atoms with Crippen LogP contribution in [0, 0.1) is 0 Å². The average Bonchev–Trinajstić information content (AvgIpc) is 2.66. The monoisotopic (exact) mass is 357 g/mol. The van der Waals surface area contributed by atoms with E-state index < -0.39 is 5.60 Å². The number of unbranched alkanes of at least 4 members (excludes halogenated alkanes) is 2. The molecule has 1 unspecified atom stereocenters. The second-order valence-corrected chi connectivity index (χ2v) is 6.85. The van der Waals surface area contributed by atoms with Crippen molar-refractivity contribution in [3.8, 4) is 5.75 Å². The van der Waals surface area contributed by atoms with Crippen molar-refractivity contribution in [1.82, 2.24) is 0 Å². The van der Waals surface area contributed by atoms with E-state index in [1.165, 1.54) is 0 Å². The number of carbonyl (C=O) groups is 1. The summed E-state index contributed by atoms with van der Waals surface area (Å²) in [6.45, 7) is 6.70. The summed E-state index contributed by atoms with van der Waals surface area (Å²) in [6.07, 6.45) is 4.81. The maximum absolute atomic E-state index is 13.1. The second-order valence-electron chi connectivity index (χ2n) is 6.85. The molecule has 142 valence electrons. The van der Waals surface area contributed by atoms with Gasteiger partial charge in [-0.05, 0) is 31.9 Å². The van der Waals surface area contributed by atoms with Crippen LogP contribution in [0.4, 0.5) is 5.69 Å². The zero-order valence-electron chi connectivity index (χ0n) is 16.4. The lowest BCUT2D eigenvalue weighted by Crippen LogP contribution is -2.43. The fraction of sp³-hybridized carbons (Fsp3) is 0.500. The molecule has 0 spiro atoms. The van der Waals surface area contributed by atoms with E-state index in [-0.39, 0.29) is 5.91 Å². The highest BCUT2D eigenvalue weighted by molar-refractivity contribution is 6.06. The van der Waals surface area contributed by atoms with E-state index in [4.69, 9.17) is 9.47 Å². The first-order valence-corrected chi connectivity index (χ1v) is 9.57. The van der Waals surface area contributed by atoms with Crippen LogP contribution in [0.3, 0.4) is 0 Å². The van der Waals surface area contributed by atoms with Crippen LogP contribution in [-0.4, -0.2) is 25.2 Å². The Balaban J connectivity index is 2.26. The van der Waals surface area contributed by atoms with Crippen LogP contribution in [0.15, 0.2) is 36.4 Å². The number of hydrogen-bond acceptors (Lipinski definition) is 3. The largest absolute Gasteiger partial charge is 0.496 e. The first kappa shape index (κ1) is 20.2. The van der Waals surface area contributed by atoms with Crippen molar-refractivity contribution in [2.24, 2.45) is 0 Å². The smallest absolute Gasteiger partial charge is 0.256 e. The van der Waals surface area contributed by atoms with Crippen LogP contribution >= 0.6 is 0 Å². The Hall–Kier alpha value is -2.07. The van der Waals surface area contributed by atoms with Gasteiger partial charge in [0.15, 0.2) is 0 Å². The standard InChI is InChI=1S/C22H31NO3/c1-5-7-10-15-22(3,26-16-6-2)21(24)23-19-13-14-20(25-4)18-12-9-8-11-17(18)19/h8-9,11-14H,5-7,10,15-16H2,1-4H3,(H,23,24). The summed E-state index contributed by atoms with van der Waals surface area (Å²) < 4.78 is 11.4. The van der Waals surface area contributed by atoms with Crippen molar-refractivity contribution in [3.05, 3.63) is 36.4 Å². The molecule has 4 heteroatoms. The van der Waals surface area contributed by atoms with Crippen molar-refractivity contribution >= 4 is 22.4 Å². The molecule has 0 fully saturated rings. The molecule has 2 aromatic carbocycles. The third-order valence-electron chi connectivity index (χ3n) is 4.71. The van der Waals surface area contributed by atoms with E-state index in [2.05, 4.69) is 19.2 Å². The third kappa shape index (κ3) is 4.76. The number of carbonyl (C=O) groups excluding carboxylic acids is 1. The quantitative estimate of drug-likeness (QED) is 0.567.